The Morgan fingerprint density at radius 3 is 3.00 bits per heavy atom. The van der Waals surface area contributed by atoms with Gasteiger partial charge in [0.1, 0.15) is 0 Å². The minimum absolute atomic E-state index is 0.200. The van der Waals surface area contributed by atoms with Crippen molar-refractivity contribution in [1.82, 2.24) is 5.32 Å². The summed E-state index contributed by atoms with van der Waals surface area (Å²) >= 11 is 1.86. The lowest BCUT2D eigenvalue weighted by molar-refractivity contribution is 0.0424. The van der Waals surface area contributed by atoms with Crippen LogP contribution in [-0.4, -0.2) is 13.2 Å². The van der Waals surface area contributed by atoms with E-state index in [1.165, 1.54) is 20.9 Å². The first kappa shape index (κ1) is 12.9. The van der Waals surface area contributed by atoms with Crippen molar-refractivity contribution in [3.05, 3.63) is 57.3 Å². The molecule has 2 nitrogen and oxygen atoms in total. The van der Waals surface area contributed by atoms with Gasteiger partial charge in [-0.15, -0.1) is 11.3 Å². The van der Waals surface area contributed by atoms with Crippen LogP contribution in [0.5, 0.6) is 0 Å². The number of thiophene rings is 1. The maximum atomic E-state index is 5.89. The second kappa shape index (κ2) is 5.87. The fraction of sp³-hybridized carbons (Fsp3) is 0.375. The molecule has 0 spiro atoms. The van der Waals surface area contributed by atoms with E-state index in [0.717, 1.165) is 26.1 Å². The molecule has 100 valence electrons. The second-order valence-corrected chi connectivity index (χ2v) is 6.32. The highest BCUT2D eigenvalue weighted by Gasteiger charge is 2.19. The third kappa shape index (κ3) is 3.06. The van der Waals surface area contributed by atoms with E-state index in [1.807, 2.05) is 11.3 Å². The van der Waals surface area contributed by atoms with Crippen molar-refractivity contribution in [2.45, 2.75) is 26.0 Å². The maximum Gasteiger partial charge on any atom is 0.0952 e. The van der Waals surface area contributed by atoms with Crippen LogP contribution in [-0.2, 0) is 17.7 Å². The van der Waals surface area contributed by atoms with E-state index in [2.05, 4.69) is 48.6 Å². The van der Waals surface area contributed by atoms with Crippen LogP contribution in [0.3, 0.4) is 0 Å². The molecule has 19 heavy (non-hydrogen) atoms. The molecule has 0 amide bonds. The van der Waals surface area contributed by atoms with Gasteiger partial charge in [0, 0.05) is 22.8 Å². The fourth-order valence-corrected chi connectivity index (χ4v) is 3.41. The molecule has 1 aromatic heterocycles. The van der Waals surface area contributed by atoms with Crippen molar-refractivity contribution < 1.29 is 4.74 Å². The molecule has 2 aromatic rings. The molecular formula is C16H19NOS. The molecule has 0 saturated carbocycles. The largest absolute Gasteiger partial charge is 0.372 e. The number of rotatable bonds is 4. The Balaban J connectivity index is 1.59. The second-order valence-electron chi connectivity index (χ2n) is 4.95. The molecule has 1 unspecified atom stereocenters. The monoisotopic (exact) mass is 273 g/mol. The van der Waals surface area contributed by atoms with Crippen molar-refractivity contribution in [2.75, 3.05) is 13.2 Å². The molecule has 3 heteroatoms. The van der Waals surface area contributed by atoms with E-state index in [1.54, 1.807) is 0 Å². The van der Waals surface area contributed by atoms with Gasteiger partial charge in [-0.05, 0) is 36.6 Å². The van der Waals surface area contributed by atoms with Gasteiger partial charge in [-0.1, -0.05) is 24.3 Å². The third-order valence-electron chi connectivity index (χ3n) is 3.52. The highest BCUT2D eigenvalue weighted by molar-refractivity contribution is 7.11. The van der Waals surface area contributed by atoms with Gasteiger partial charge >= 0.3 is 0 Å². The van der Waals surface area contributed by atoms with Crippen molar-refractivity contribution >= 4 is 11.3 Å². The third-order valence-corrected chi connectivity index (χ3v) is 4.52. The number of fused-ring (bicyclic) bond motifs is 1. The van der Waals surface area contributed by atoms with Crippen LogP contribution >= 0.6 is 11.3 Å². The molecule has 2 heterocycles. The molecule has 3 rings (SSSR count). The summed E-state index contributed by atoms with van der Waals surface area (Å²) in [5.74, 6) is 0. The lowest BCUT2D eigenvalue weighted by Gasteiger charge is -2.26. The van der Waals surface area contributed by atoms with Crippen LogP contribution in [0.25, 0.3) is 0 Å². The molecule has 1 aliphatic heterocycles. The lowest BCUT2D eigenvalue weighted by Crippen LogP contribution is -2.27. The van der Waals surface area contributed by atoms with Crippen LogP contribution in [0.4, 0.5) is 0 Å². The summed E-state index contributed by atoms with van der Waals surface area (Å²) in [5.41, 5.74) is 2.79. The average molecular weight is 273 g/mol. The van der Waals surface area contributed by atoms with E-state index in [-0.39, 0.29) is 6.10 Å². The molecule has 0 fully saturated rings. The van der Waals surface area contributed by atoms with E-state index in [9.17, 15) is 0 Å². The van der Waals surface area contributed by atoms with Gasteiger partial charge < -0.3 is 10.1 Å². The predicted molar refractivity (Wildman–Crippen MR) is 79.6 cm³/mol. The summed E-state index contributed by atoms with van der Waals surface area (Å²) in [6, 6.07) is 13.0. The van der Waals surface area contributed by atoms with E-state index >= 15 is 0 Å². The minimum atomic E-state index is 0.200. The van der Waals surface area contributed by atoms with Gasteiger partial charge in [-0.25, -0.2) is 0 Å². The van der Waals surface area contributed by atoms with Crippen molar-refractivity contribution in [3.63, 3.8) is 0 Å². The summed E-state index contributed by atoms with van der Waals surface area (Å²) in [4.78, 5) is 2.76. The highest BCUT2D eigenvalue weighted by atomic mass is 32.1. The summed E-state index contributed by atoms with van der Waals surface area (Å²) in [7, 11) is 0. The number of hydrogen-bond donors (Lipinski definition) is 1. The Labute approximate surface area is 118 Å². The number of nitrogens with one attached hydrogen (secondary N) is 1. The zero-order valence-corrected chi connectivity index (χ0v) is 12.0. The smallest absolute Gasteiger partial charge is 0.0952 e. The molecule has 0 radical (unpaired) electrons. The Morgan fingerprint density at radius 2 is 2.16 bits per heavy atom. The van der Waals surface area contributed by atoms with E-state index in [0.29, 0.717) is 0 Å². The molecule has 1 N–H and O–H groups in total. The van der Waals surface area contributed by atoms with E-state index in [4.69, 9.17) is 4.74 Å². The molecule has 1 aromatic carbocycles. The van der Waals surface area contributed by atoms with Crippen molar-refractivity contribution in [3.8, 4) is 0 Å². The summed E-state index contributed by atoms with van der Waals surface area (Å²) in [6.45, 7) is 4.80. The quantitative estimate of drug-likeness (QED) is 0.921. The molecule has 0 saturated heterocycles. The normalized spacial score (nSPS) is 18.3. The number of aryl methyl sites for hydroxylation is 1. The molecule has 0 bridgehead atoms. The van der Waals surface area contributed by atoms with Crippen LogP contribution in [0.15, 0.2) is 36.4 Å². The topological polar surface area (TPSA) is 21.3 Å². The van der Waals surface area contributed by atoms with Crippen LogP contribution < -0.4 is 5.32 Å². The van der Waals surface area contributed by atoms with Crippen molar-refractivity contribution in [1.29, 1.82) is 0 Å². The number of ether oxygens (including phenoxy) is 1. The van der Waals surface area contributed by atoms with Crippen LogP contribution in [0.2, 0.25) is 0 Å². The van der Waals surface area contributed by atoms with E-state index < -0.39 is 0 Å². The summed E-state index contributed by atoms with van der Waals surface area (Å²) < 4.78 is 5.89. The number of benzene rings is 1. The molecule has 1 atom stereocenters. The van der Waals surface area contributed by atoms with Crippen LogP contribution in [0, 0.1) is 6.92 Å². The Morgan fingerprint density at radius 1 is 1.26 bits per heavy atom. The molecule has 1 aliphatic rings. The van der Waals surface area contributed by atoms with Gasteiger partial charge in [-0.3, -0.25) is 0 Å². The van der Waals surface area contributed by atoms with Gasteiger partial charge in [-0.2, -0.15) is 0 Å². The number of hydrogen-bond acceptors (Lipinski definition) is 3. The highest BCUT2D eigenvalue weighted by Crippen LogP contribution is 2.26. The minimum Gasteiger partial charge on any atom is -0.372 e. The zero-order valence-electron chi connectivity index (χ0n) is 11.2. The standard InChI is InChI=1S/C16H19NOS/c1-12-6-7-14(19-12)10-17-11-16-15-5-3-2-4-13(15)8-9-18-16/h2-7,16-17H,8-11H2,1H3. The first-order valence-corrected chi connectivity index (χ1v) is 7.60. The lowest BCUT2D eigenvalue weighted by atomic mass is 9.97. The first-order chi connectivity index (χ1) is 9.33. The summed E-state index contributed by atoms with van der Waals surface area (Å²) in [6.07, 6.45) is 1.24. The average Bonchev–Trinajstić information content (AvgIpc) is 2.85. The molecule has 0 aliphatic carbocycles. The molecular weight excluding hydrogens is 254 g/mol. The maximum absolute atomic E-state index is 5.89. The fourth-order valence-electron chi connectivity index (χ4n) is 2.55. The summed E-state index contributed by atoms with van der Waals surface area (Å²) in [5, 5.41) is 3.51. The Hall–Kier alpha value is -1.16. The van der Waals surface area contributed by atoms with Gasteiger partial charge in [0.05, 0.1) is 12.7 Å². The van der Waals surface area contributed by atoms with Crippen LogP contribution in [0.1, 0.15) is 27.0 Å². The van der Waals surface area contributed by atoms with Gasteiger partial charge in [0.25, 0.3) is 0 Å². The zero-order chi connectivity index (χ0) is 13.1. The SMILES string of the molecule is Cc1ccc(CNCC2OCCc3ccccc32)s1. The Bertz CT molecular complexity index is 549. The van der Waals surface area contributed by atoms with Crippen molar-refractivity contribution in [2.24, 2.45) is 0 Å². The van der Waals surface area contributed by atoms with Gasteiger partial charge in [0.2, 0.25) is 0 Å². The predicted octanol–water partition coefficient (Wildman–Crippen LogP) is 3.46. The van der Waals surface area contributed by atoms with Gasteiger partial charge in [0.15, 0.2) is 0 Å². The first-order valence-electron chi connectivity index (χ1n) is 6.78. The Kier molecular flexibility index (Phi) is 3.97.